The first kappa shape index (κ1) is 15.1. The maximum Gasteiger partial charge on any atom is 0.255 e. The van der Waals surface area contributed by atoms with Crippen LogP contribution in [0.25, 0.3) is 0 Å². The molecular weight excluding hydrogens is 274 g/mol. The summed E-state index contributed by atoms with van der Waals surface area (Å²) in [7, 11) is 0. The third-order valence-electron chi connectivity index (χ3n) is 3.52. The number of rotatable bonds is 4. The third kappa shape index (κ3) is 3.05. The van der Waals surface area contributed by atoms with Crippen LogP contribution in [0.1, 0.15) is 24.5 Å². The number of carbonyl (C=O) groups excluding carboxylic acids is 1. The molecule has 1 aromatic carbocycles. The number of amides is 1. The van der Waals surface area contributed by atoms with E-state index in [4.69, 9.17) is 16.3 Å². The Morgan fingerprint density at radius 2 is 2.35 bits per heavy atom. The summed E-state index contributed by atoms with van der Waals surface area (Å²) >= 11 is 6.10. The second-order valence-corrected chi connectivity index (χ2v) is 5.52. The number of fused-ring (bicyclic) bond motifs is 1. The van der Waals surface area contributed by atoms with Gasteiger partial charge in [0, 0.05) is 17.3 Å². The highest BCUT2D eigenvalue weighted by atomic mass is 35.5. The summed E-state index contributed by atoms with van der Waals surface area (Å²) in [6.45, 7) is 8.49. The normalized spacial score (nSPS) is 15.7. The van der Waals surface area contributed by atoms with Crippen molar-refractivity contribution in [3.05, 3.63) is 40.9 Å². The smallest absolute Gasteiger partial charge is 0.255 e. The molecule has 0 saturated carbocycles. The van der Waals surface area contributed by atoms with Crippen LogP contribution in [0.5, 0.6) is 0 Å². The number of ether oxygens (including phenoxy) is 1. The minimum absolute atomic E-state index is 0.00165. The van der Waals surface area contributed by atoms with E-state index in [1.165, 1.54) is 0 Å². The predicted molar refractivity (Wildman–Crippen MR) is 82.5 cm³/mol. The fraction of sp³-hybridized carbons (Fsp3) is 0.438. The molecule has 1 heterocycles. The van der Waals surface area contributed by atoms with Gasteiger partial charge in [-0.3, -0.25) is 4.79 Å². The van der Waals surface area contributed by atoms with E-state index < -0.39 is 6.10 Å². The summed E-state index contributed by atoms with van der Waals surface area (Å²) in [5.41, 5.74) is 3.18. The van der Waals surface area contributed by atoms with E-state index in [0.29, 0.717) is 6.61 Å². The molecular formula is C16H20ClNO2. The average Bonchev–Trinajstić information content (AvgIpc) is 2.42. The second-order valence-electron chi connectivity index (χ2n) is 5.09. The van der Waals surface area contributed by atoms with Gasteiger partial charge in [0.2, 0.25) is 0 Å². The average molecular weight is 294 g/mol. The molecule has 0 bridgehead atoms. The number of carbonyl (C=O) groups is 1. The molecule has 20 heavy (non-hydrogen) atoms. The molecule has 1 amide bonds. The number of benzene rings is 1. The van der Waals surface area contributed by atoms with Gasteiger partial charge in [-0.2, -0.15) is 0 Å². The lowest BCUT2D eigenvalue weighted by Crippen LogP contribution is -2.42. The van der Waals surface area contributed by atoms with Gasteiger partial charge in [0.15, 0.2) is 0 Å². The molecule has 1 atom stereocenters. The number of hydrogen-bond acceptors (Lipinski definition) is 2. The Morgan fingerprint density at radius 1 is 1.60 bits per heavy atom. The van der Waals surface area contributed by atoms with Crippen LogP contribution in [0.4, 0.5) is 5.69 Å². The molecule has 1 unspecified atom stereocenters. The van der Waals surface area contributed by atoms with Gasteiger partial charge in [0.25, 0.3) is 5.91 Å². The third-order valence-corrected chi connectivity index (χ3v) is 3.74. The number of anilines is 1. The maximum absolute atomic E-state index is 12.5. The van der Waals surface area contributed by atoms with Crippen LogP contribution < -0.4 is 4.90 Å². The lowest BCUT2D eigenvalue weighted by atomic mass is 9.97. The molecule has 2 rings (SSSR count). The minimum atomic E-state index is -0.464. The van der Waals surface area contributed by atoms with Crippen LogP contribution in [0, 0.1) is 6.92 Å². The summed E-state index contributed by atoms with van der Waals surface area (Å²) in [6.07, 6.45) is 3.10. The van der Waals surface area contributed by atoms with Crippen molar-refractivity contribution >= 4 is 23.2 Å². The summed E-state index contributed by atoms with van der Waals surface area (Å²) in [4.78, 5) is 14.4. The standard InChI is InChI=1S/C16H20ClNO2/c1-4-8-20-12(3)16(19)18-7-5-6-13-10-14(17)9-11(2)15(13)18/h4,9-10,12H,1,5-8H2,2-3H3. The zero-order valence-corrected chi connectivity index (χ0v) is 12.7. The summed E-state index contributed by atoms with van der Waals surface area (Å²) in [5.74, 6) is -0.00165. The molecule has 0 N–H and O–H groups in total. The van der Waals surface area contributed by atoms with Crippen LogP contribution in [-0.4, -0.2) is 25.2 Å². The molecule has 0 aromatic heterocycles. The highest BCUT2D eigenvalue weighted by Gasteiger charge is 2.28. The maximum atomic E-state index is 12.5. The fourth-order valence-electron chi connectivity index (χ4n) is 2.64. The highest BCUT2D eigenvalue weighted by molar-refractivity contribution is 6.30. The number of nitrogens with zero attached hydrogens (tertiary/aromatic N) is 1. The molecule has 1 aliphatic rings. The molecule has 4 heteroatoms. The van der Waals surface area contributed by atoms with Gasteiger partial charge < -0.3 is 9.64 Å². The zero-order chi connectivity index (χ0) is 14.7. The van der Waals surface area contributed by atoms with E-state index in [2.05, 4.69) is 6.58 Å². The lowest BCUT2D eigenvalue weighted by molar-refractivity contribution is -0.128. The Bertz CT molecular complexity index is 527. The van der Waals surface area contributed by atoms with Crippen LogP contribution in [0.2, 0.25) is 5.02 Å². The first-order valence-corrected chi connectivity index (χ1v) is 7.25. The van der Waals surface area contributed by atoms with E-state index >= 15 is 0 Å². The Hall–Kier alpha value is -1.32. The molecule has 0 spiro atoms. The van der Waals surface area contributed by atoms with Gasteiger partial charge >= 0.3 is 0 Å². The van der Waals surface area contributed by atoms with Gasteiger partial charge in [0.05, 0.1) is 6.61 Å². The summed E-state index contributed by atoms with van der Waals surface area (Å²) in [6, 6.07) is 3.86. The topological polar surface area (TPSA) is 29.5 Å². The van der Waals surface area contributed by atoms with E-state index in [1.54, 1.807) is 13.0 Å². The minimum Gasteiger partial charge on any atom is -0.365 e. The molecule has 0 saturated heterocycles. The Labute approximate surface area is 125 Å². The van der Waals surface area contributed by atoms with Gasteiger partial charge in [-0.25, -0.2) is 0 Å². The van der Waals surface area contributed by atoms with E-state index in [9.17, 15) is 4.79 Å². The highest BCUT2D eigenvalue weighted by Crippen LogP contribution is 2.33. The van der Waals surface area contributed by atoms with Crippen molar-refractivity contribution in [2.75, 3.05) is 18.1 Å². The van der Waals surface area contributed by atoms with Crippen molar-refractivity contribution in [1.29, 1.82) is 0 Å². The van der Waals surface area contributed by atoms with Crippen molar-refractivity contribution < 1.29 is 9.53 Å². The van der Waals surface area contributed by atoms with Gasteiger partial charge in [-0.1, -0.05) is 17.7 Å². The van der Waals surface area contributed by atoms with Gasteiger partial charge in [-0.05, 0) is 49.9 Å². The fourth-order valence-corrected chi connectivity index (χ4v) is 2.94. The van der Waals surface area contributed by atoms with Crippen LogP contribution >= 0.6 is 11.6 Å². The summed E-state index contributed by atoms with van der Waals surface area (Å²) < 4.78 is 5.45. The largest absolute Gasteiger partial charge is 0.365 e. The number of aryl methyl sites for hydroxylation is 2. The second kappa shape index (κ2) is 6.42. The van der Waals surface area contributed by atoms with E-state index in [0.717, 1.165) is 41.2 Å². The van der Waals surface area contributed by atoms with E-state index in [1.807, 2.05) is 24.0 Å². The van der Waals surface area contributed by atoms with Crippen LogP contribution in [0.3, 0.4) is 0 Å². The van der Waals surface area contributed by atoms with Crippen molar-refractivity contribution in [3.8, 4) is 0 Å². The predicted octanol–water partition coefficient (Wildman–Crippen LogP) is 3.52. The Balaban J connectivity index is 2.28. The first-order valence-electron chi connectivity index (χ1n) is 6.87. The molecule has 0 aliphatic carbocycles. The molecule has 108 valence electrons. The lowest BCUT2D eigenvalue weighted by Gasteiger charge is -2.33. The first-order chi connectivity index (χ1) is 9.54. The molecule has 0 fully saturated rings. The molecule has 0 radical (unpaired) electrons. The zero-order valence-electron chi connectivity index (χ0n) is 12.0. The van der Waals surface area contributed by atoms with Gasteiger partial charge in [-0.15, -0.1) is 6.58 Å². The molecule has 1 aliphatic heterocycles. The molecule has 3 nitrogen and oxygen atoms in total. The van der Waals surface area contributed by atoms with E-state index in [-0.39, 0.29) is 5.91 Å². The SMILES string of the molecule is C=CCOC(C)C(=O)N1CCCc2cc(Cl)cc(C)c21. The monoisotopic (exact) mass is 293 g/mol. The van der Waals surface area contributed by atoms with Crippen LogP contribution in [-0.2, 0) is 16.0 Å². The number of halogens is 1. The Morgan fingerprint density at radius 3 is 3.05 bits per heavy atom. The summed E-state index contributed by atoms with van der Waals surface area (Å²) in [5, 5.41) is 0.728. The van der Waals surface area contributed by atoms with Crippen molar-refractivity contribution in [2.24, 2.45) is 0 Å². The van der Waals surface area contributed by atoms with Crippen LogP contribution in [0.15, 0.2) is 24.8 Å². The van der Waals surface area contributed by atoms with Crippen molar-refractivity contribution in [2.45, 2.75) is 32.8 Å². The molecule has 1 aromatic rings. The van der Waals surface area contributed by atoms with Gasteiger partial charge in [0.1, 0.15) is 6.10 Å². The van der Waals surface area contributed by atoms with Crippen molar-refractivity contribution in [1.82, 2.24) is 0 Å². The Kier molecular flexibility index (Phi) is 4.84. The van der Waals surface area contributed by atoms with Crippen molar-refractivity contribution in [3.63, 3.8) is 0 Å². The number of hydrogen-bond donors (Lipinski definition) is 0. The quantitative estimate of drug-likeness (QED) is 0.795.